The van der Waals surface area contributed by atoms with Gasteiger partial charge in [-0.1, -0.05) is 80.6 Å². The van der Waals surface area contributed by atoms with Crippen LogP contribution in [0.15, 0.2) is 24.4 Å². The van der Waals surface area contributed by atoms with Gasteiger partial charge in [0, 0.05) is 49.8 Å². The molecule has 1 atom stereocenters. The van der Waals surface area contributed by atoms with E-state index in [1.807, 2.05) is 26.8 Å². The third kappa shape index (κ3) is 12.5. The molecule has 3 rings (SSSR count). The molecule has 234 valence electrons. The number of rotatable bonds is 12. The van der Waals surface area contributed by atoms with E-state index in [9.17, 15) is 13.2 Å². The molecule has 1 fully saturated rings. The Bertz CT molecular complexity index is 972. The highest BCUT2D eigenvalue weighted by atomic mass is 19.4. The molecule has 41 heavy (non-hydrogen) atoms. The Balaban J connectivity index is 0.00000129. The van der Waals surface area contributed by atoms with Gasteiger partial charge in [-0.3, -0.25) is 0 Å². The first kappa shape index (κ1) is 36.5. The van der Waals surface area contributed by atoms with Crippen LogP contribution in [0.2, 0.25) is 0 Å². The average molecular weight is 581 g/mol. The predicted octanol–water partition coefficient (Wildman–Crippen LogP) is 9.16. The van der Waals surface area contributed by atoms with E-state index < -0.39 is 11.7 Å². The molecule has 6 nitrogen and oxygen atoms in total. The largest absolute Gasteiger partial charge is 0.421 e. The third-order valence-electron chi connectivity index (χ3n) is 7.06. The molecule has 0 radical (unpaired) electrons. The number of hydrogen-bond donors (Lipinski definition) is 2. The van der Waals surface area contributed by atoms with Crippen molar-refractivity contribution in [3.8, 4) is 0 Å². The van der Waals surface area contributed by atoms with Crippen LogP contribution in [-0.4, -0.2) is 54.1 Å². The van der Waals surface area contributed by atoms with Gasteiger partial charge in [0.1, 0.15) is 11.4 Å². The Morgan fingerprint density at radius 1 is 0.902 bits per heavy atom. The lowest BCUT2D eigenvalue weighted by Gasteiger charge is -2.34. The summed E-state index contributed by atoms with van der Waals surface area (Å²) in [5.41, 5.74) is 2.22. The number of anilines is 4. The Morgan fingerprint density at radius 2 is 1.56 bits per heavy atom. The summed E-state index contributed by atoms with van der Waals surface area (Å²) in [6, 6.07) is 6.12. The van der Waals surface area contributed by atoms with Gasteiger partial charge in [0.2, 0.25) is 5.95 Å². The van der Waals surface area contributed by atoms with Crippen LogP contribution in [0.1, 0.15) is 105 Å². The normalized spacial score (nSPS) is 14.4. The lowest BCUT2D eigenvalue weighted by Crippen LogP contribution is -2.44. The summed E-state index contributed by atoms with van der Waals surface area (Å²) in [5, 5.41) is 6.25. The van der Waals surface area contributed by atoms with Gasteiger partial charge in [0.05, 0.1) is 0 Å². The van der Waals surface area contributed by atoms with Crippen LogP contribution in [0.5, 0.6) is 0 Å². The van der Waals surface area contributed by atoms with E-state index in [-0.39, 0.29) is 17.8 Å². The number of aromatic nitrogens is 2. The van der Waals surface area contributed by atoms with Crippen LogP contribution >= 0.6 is 0 Å². The summed E-state index contributed by atoms with van der Waals surface area (Å²) < 4.78 is 41.1. The number of nitrogens with zero attached hydrogens (tertiary/aromatic N) is 4. The zero-order valence-electron chi connectivity index (χ0n) is 26.8. The fourth-order valence-corrected chi connectivity index (χ4v) is 4.42. The van der Waals surface area contributed by atoms with Crippen molar-refractivity contribution in [2.45, 2.75) is 112 Å². The minimum atomic E-state index is -4.53. The third-order valence-corrected chi connectivity index (χ3v) is 7.06. The van der Waals surface area contributed by atoms with Crippen LogP contribution < -0.4 is 15.5 Å². The molecule has 1 aliphatic rings. The molecule has 1 aromatic heterocycles. The molecule has 1 aromatic carbocycles. The molecule has 0 aliphatic carbocycles. The molecule has 0 spiro atoms. The van der Waals surface area contributed by atoms with Gasteiger partial charge in [-0.2, -0.15) is 18.2 Å². The van der Waals surface area contributed by atoms with E-state index >= 15 is 0 Å². The Kier molecular flexibility index (Phi) is 17.4. The molecule has 2 aromatic rings. The number of alkyl halides is 3. The van der Waals surface area contributed by atoms with Crippen molar-refractivity contribution >= 4 is 23.1 Å². The van der Waals surface area contributed by atoms with Crippen molar-refractivity contribution < 1.29 is 13.2 Å². The lowest BCUT2D eigenvalue weighted by atomic mass is 10.0. The number of piperazine rings is 1. The summed E-state index contributed by atoms with van der Waals surface area (Å²) in [5.74, 6) is 0.00458. The topological polar surface area (TPSA) is 56.3 Å². The zero-order chi connectivity index (χ0) is 30.8. The van der Waals surface area contributed by atoms with Crippen LogP contribution in [0, 0.1) is 0 Å². The van der Waals surface area contributed by atoms with Crippen molar-refractivity contribution in [2.75, 3.05) is 48.8 Å². The highest BCUT2D eigenvalue weighted by Crippen LogP contribution is 2.35. The van der Waals surface area contributed by atoms with E-state index in [2.05, 4.69) is 77.3 Å². The Labute approximate surface area is 247 Å². The first-order valence-electron chi connectivity index (χ1n) is 15.7. The van der Waals surface area contributed by atoms with Gasteiger partial charge in [-0.25, -0.2) is 4.98 Å². The number of aryl methyl sites for hydroxylation is 1. The van der Waals surface area contributed by atoms with E-state index in [0.29, 0.717) is 0 Å². The molecular formula is C32H55F3N6. The van der Waals surface area contributed by atoms with Gasteiger partial charge < -0.3 is 20.4 Å². The summed E-state index contributed by atoms with van der Waals surface area (Å²) in [6.45, 7) is 18.5. The minimum Gasteiger partial charge on any atom is -0.369 e. The quantitative estimate of drug-likeness (QED) is 0.261. The molecule has 0 saturated carbocycles. The molecule has 2 N–H and O–H groups in total. The minimum absolute atomic E-state index is 0.0575. The van der Waals surface area contributed by atoms with E-state index in [4.69, 9.17) is 0 Å². The van der Waals surface area contributed by atoms with Gasteiger partial charge in [0.25, 0.3) is 0 Å². The first-order valence-corrected chi connectivity index (χ1v) is 15.7. The fourth-order valence-electron chi connectivity index (χ4n) is 4.42. The molecule has 9 heteroatoms. The number of unbranched alkanes of at least 4 members (excludes halogenated alkanes) is 2. The van der Waals surface area contributed by atoms with Crippen molar-refractivity contribution in [1.29, 1.82) is 0 Å². The van der Waals surface area contributed by atoms with Gasteiger partial charge in [-0.15, -0.1) is 0 Å². The summed E-state index contributed by atoms with van der Waals surface area (Å²) in [4.78, 5) is 13.0. The molecule has 0 bridgehead atoms. The van der Waals surface area contributed by atoms with E-state index in [1.54, 1.807) is 0 Å². The van der Waals surface area contributed by atoms with E-state index in [1.165, 1.54) is 12.8 Å². The van der Waals surface area contributed by atoms with Crippen LogP contribution in [0.4, 0.5) is 36.3 Å². The highest BCUT2D eigenvalue weighted by molar-refractivity contribution is 5.65. The predicted molar refractivity (Wildman–Crippen MR) is 170 cm³/mol. The molecule has 0 amide bonds. The number of likely N-dealkylation sites (N-methyl/N-ethyl adjacent to an activating group) is 1. The standard InChI is InChI=1S/C26H39F3N6.C4H10.C2H6/c1-5-8-10-20(9-6-2)31-24-22(26(27,28)29)18-30-25(33-24)32-23-12-11-21(17-19(23)7-3)35-15-13-34(4)14-16-35;1-3-4-2;1-2/h11-12,17-18,20H,5-10,13-16H2,1-4H3,(H2,30,31,32,33);3-4H2,1-2H3;1-2H3. The number of nitrogens with one attached hydrogen (secondary N) is 2. The van der Waals surface area contributed by atoms with Crippen molar-refractivity contribution in [2.24, 2.45) is 0 Å². The molecular weight excluding hydrogens is 525 g/mol. The monoisotopic (exact) mass is 580 g/mol. The smallest absolute Gasteiger partial charge is 0.369 e. The van der Waals surface area contributed by atoms with Crippen molar-refractivity contribution in [3.05, 3.63) is 35.5 Å². The van der Waals surface area contributed by atoms with Gasteiger partial charge in [-0.05, 0) is 50.1 Å². The fraction of sp³-hybridized carbons (Fsp3) is 0.688. The maximum atomic E-state index is 13.7. The van der Waals surface area contributed by atoms with Crippen LogP contribution in [-0.2, 0) is 12.6 Å². The Morgan fingerprint density at radius 3 is 2.10 bits per heavy atom. The highest BCUT2D eigenvalue weighted by Gasteiger charge is 2.36. The summed E-state index contributed by atoms with van der Waals surface area (Å²) >= 11 is 0. The maximum absolute atomic E-state index is 13.7. The van der Waals surface area contributed by atoms with Gasteiger partial charge in [0.15, 0.2) is 0 Å². The molecule has 1 saturated heterocycles. The summed E-state index contributed by atoms with van der Waals surface area (Å²) in [7, 11) is 2.13. The van der Waals surface area contributed by atoms with Crippen molar-refractivity contribution in [3.63, 3.8) is 0 Å². The molecule has 1 unspecified atom stereocenters. The van der Waals surface area contributed by atoms with E-state index in [0.717, 1.165) is 87.8 Å². The Hall–Kier alpha value is -2.55. The average Bonchev–Trinajstić information content (AvgIpc) is 2.97. The van der Waals surface area contributed by atoms with Gasteiger partial charge >= 0.3 is 6.18 Å². The second-order valence-electron chi connectivity index (χ2n) is 10.3. The zero-order valence-corrected chi connectivity index (χ0v) is 26.8. The van der Waals surface area contributed by atoms with Crippen molar-refractivity contribution in [1.82, 2.24) is 14.9 Å². The number of hydrogen-bond acceptors (Lipinski definition) is 6. The molecule has 2 heterocycles. The number of benzene rings is 1. The first-order chi connectivity index (χ1) is 19.7. The second kappa shape index (κ2) is 19.5. The number of halogens is 3. The second-order valence-corrected chi connectivity index (χ2v) is 10.3. The molecule has 1 aliphatic heterocycles. The SMILES string of the molecule is CC.CCCC.CCCCC(CCC)Nc1nc(Nc2ccc(N3CCN(C)CC3)cc2CC)ncc1C(F)(F)F. The van der Waals surface area contributed by atoms with Crippen LogP contribution in [0.25, 0.3) is 0 Å². The summed E-state index contributed by atoms with van der Waals surface area (Å²) in [6.07, 6.45) is 4.21. The lowest BCUT2D eigenvalue weighted by molar-refractivity contribution is -0.137. The van der Waals surface area contributed by atoms with Crippen LogP contribution in [0.3, 0.4) is 0 Å². The maximum Gasteiger partial charge on any atom is 0.421 e.